The summed E-state index contributed by atoms with van der Waals surface area (Å²) < 4.78 is 5.34. The number of carboxylic acids is 1. The van der Waals surface area contributed by atoms with E-state index in [1.54, 1.807) is 19.2 Å². The Morgan fingerprint density at radius 2 is 2.36 bits per heavy atom. The zero-order chi connectivity index (χ0) is 10.6. The molecule has 1 atom stereocenters. The van der Waals surface area contributed by atoms with Crippen LogP contribution >= 0.6 is 0 Å². The van der Waals surface area contributed by atoms with Crippen molar-refractivity contribution in [2.75, 3.05) is 0 Å². The zero-order valence-corrected chi connectivity index (χ0v) is 8.23. The van der Waals surface area contributed by atoms with Crippen LogP contribution < -0.4 is 4.74 Å². The Kier molecular flexibility index (Phi) is 3.45. The molecule has 0 unspecified atom stereocenters. The van der Waals surface area contributed by atoms with E-state index in [4.69, 9.17) is 9.84 Å². The van der Waals surface area contributed by atoms with Crippen molar-refractivity contribution in [3.8, 4) is 5.75 Å². The van der Waals surface area contributed by atoms with E-state index in [-0.39, 0.29) is 12.5 Å². The largest absolute Gasteiger partial charge is 0.489 e. The Morgan fingerprint density at radius 1 is 1.64 bits per heavy atom. The van der Waals surface area contributed by atoms with Gasteiger partial charge < -0.3 is 9.84 Å². The van der Waals surface area contributed by atoms with Gasteiger partial charge in [0.1, 0.15) is 11.9 Å². The predicted octanol–water partition coefficient (Wildman–Crippen LogP) is 1.63. The van der Waals surface area contributed by atoms with Gasteiger partial charge in [-0.25, -0.2) is 0 Å². The molecular formula is C10H13NO3. The third kappa shape index (κ3) is 3.43. The van der Waals surface area contributed by atoms with Crippen LogP contribution in [0.25, 0.3) is 0 Å². The fraction of sp³-hybridized carbons (Fsp3) is 0.400. The molecule has 1 aromatic heterocycles. The van der Waals surface area contributed by atoms with Crippen molar-refractivity contribution in [2.45, 2.75) is 26.4 Å². The fourth-order valence-corrected chi connectivity index (χ4v) is 1.04. The maximum absolute atomic E-state index is 10.4. The van der Waals surface area contributed by atoms with Crippen molar-refractivity contribution in [3.63, 3.8) is 0 Å². The average Bonchev–Trinajstić information content (AvgIpc) is 2.07. The number of ether oxygens (including phenoxy) is 1. The minimum atomic E-state index is -0.863. The number of pyridine rings is 1. The molecule has 1 aromatic rings. The molecule has 0 radical (unpaired) electrons. The molecule has 0 spiro atoms. The van der Waals surface area contributed by atoms with Crippen molar-refractivity contribution < 1.29 is 14.6 Å². The normalized spacial score (nSPS) is 12.1. The van der Waals surface area contributed by atoms with Crippen LogP contribution in [0.2, 0.25) is 0 Å². The standard InChI is InChI=1S/C10H13NO3/c1-7-3-4-9(6-11-7)14-8(2)5-10(12)13/h3-4,6,8H,5H2,1-2H3,(H,12,13)/t8-/m0/s1. The summed E-state index contributed by atoms with van der Waals surface area (Å²) in [5.74, 6) is -0.262. The van der Waals surface area contributed by atoms with Crippen LogP contribution in [-0.2, 0) is 4.79 Å². The number of aliphatic carboxylic acids is 1. The van der Waals surface area contributed by atoms with Gasteiger partial charge in [0.2, 0.25) is 0 Å². The molecule has 0 aliphatic rings. The lowest BCUT2D eigenvalue weighted by atomic mass is 10.3. The fourth-order valence-electron chi connectivity index (χ4n) is 1.04. The number of hydrogen-bond donors (Lipinski definition) is 1. The molecule has 0 amide bonds. The maximum atomic E-state index is 10.4. The van der Waals surface area contributed by atoms with Gasteiger partial charge in [-0.3, -0.25) is 9.78 Å². The Morgan fingerprint density at radius 3 is 2.86 bits per heavy atom. The highest BCUT2D eigenvalue weighted by atomic mass is 16.5. The summed E-state index contributed by atoms with van der Waals surface area (Å²) in [6, 6.07) is 3.60. The van der Waals surface area contributed by atoms with E-state index < -0.39 is 5.97 Å². The highest BCUT2D eigenvalue weighted by Crippen LogP contribution is 2.11. The Balaban J connectivity index is 2.51. The second-order valence-electron chi connectivity index (χ2n) is 3.16. The van der Waals surface area contributed by atoms with Gasteiger partial charge in [0, 0.05) is 5.69 Å². The Bertz CT molecular complexity index is 308. The number of hydrogen-bond acceptors (Lipinski definition) is 3. The molecular weight excluding hydrogens is 182 g/mol. The molecule has 0 saturated carbocycles. The quantitative estimate of drug-likeness (QED) is 0.793. The zero-order valence-electron chi connectivity index (χ0n) is 8.23. The van der Waals surface area contributed by atoms with Gasteiger partial charge in [-0.05, 0) is 26.0 Å². The van der Waals surface area contributed by atoms with E-state index in [1.807, 2.05) is 13.0 Å². The van der Waals surface area contributed by atoms with E-state index >= 15 is 0 Å². The number of nitrogens with zero attached hydrogens (tertiary/aromatic N) is 1. The van der Waals surface area contributed by atoms with Crippen LogP contribution in [0.1, 0.15) is 19.0 Å². The van der Waals surface area contributed by atoms with E-state index in [0.717, 1.165) is 5.69 Å². The summed E-state index contributed by atoms with van der Waals surface area (Å²) in [4.78, 5) is 14.4. The predicted molar refractivity (Wildman–Crippen MR) is 51.3 cm³/mol. The van der Waals surface area contributed by atoms with Crippen LogP contribution in [0.4, 0.5) is 0 Å². The highest BCUT2D eigenvalue weighted by Gasteiger charge is 2.08. The van der Waals surface area contributed by atoms with Crippen LogP contribution in [-0.4, -0.2) is 22.2 Å². The molecule has 0 saturated heterocycles. The molecule has 1 N–H and O–H groups in total. The van der Waals surface area contributed by atoms with Crippen molar-refractivity contribution >= 4 is 5.97 Å². The number of carboxylic acid groups (broad SMARTS) is 1. The van der Waals surface area contributed by atoms with Crippen LogP contribution in [0, 0.1) is 6.92 Å². The molecule has 14 heavy (non-hydrogen) atoms. The first-order valence-electron chi connectivity index (χ1n) is 4.39. The lowest BCUT2D eigenvalue weighted by Crippen LogP contribution is -2.16. The minimum absolute atomic E-state index is 0.00607. The Labute approximate surface area is 82.5 Å². The van der Waals surface area contributed by atoms with Gasteiger partial charge in [-0.15, -0.1) is 0 Å². The number of aromatic nitrogens is 1. The first kappa shape index (κ1) is 10.5. The van der Waals surface area contributed by atoms with Crippen LogP contribution in [0.3, 0.4) is 0 Å². The number of carbonyl (C=O) groups is 1. The molecule has 1 heterocycles. The van der Waals surface area contributed by atoms with Crippen molar-refractivity contribution in [3.05, 3.63) is 24.0 Å². The summed E-state index contributed by atoms with van der Waals surface area (Å²) >= 11 is 0. The second-order valence-corrected chi connectivity index (χ2v) is 3.16. The number of aryl methyl sites for hydroxylation is 1. The lowest BCUT2D eigenvalue weighted by Gasteiger charge is -2.11. The third-order valence-corrected chi connectivity index (χ3v) is 1.68. The SMILES string of the molecule is Cc1ccc(O[C@@H](C)CC(=O)O)cn1. The molecule has 0 bridgehead atoms. The summed E-state index contributed by atoms with van der Waals surface area (Å²) in [5.41, 5.74) is 0.906. The van der Waals surface area contributed by atoms with Gasteiger partial charge in [-0.1, -0.05) is 0 Å². The molecule has 4 nitrogen and oxygen atoms in total. The molecule has 1 rings (SSSR count). The molecule has 0 aliphatic carbocycles. The summed E-state index contributed by atoms with van der Waals surface area (Å²) in [6.07, 6.45) is 1.25. The van der Waals surface area contributed by atoms with Crippen LogP contribution in [0.5, 0.6) is 5.75 Å². The topological polar surface area (TPSA) is 59.4 Å². The molecule has 0 aliphatic heterocycles. The van der Waals surface area contributed by atoms with Gasteiger partial charge in [-0.2, -0.15) is 0 Å². The molecule has 0 aromatic carbocycles. The minimum Gasteiger partial charge on any atom is -0.489 e. The first-order chi connectivity index (χ1) is 6.58. The smallest absolute Gasteiger partial charge is 0.307 e. The summed E-state index contributed by atoms with van der Waals surface area (Å²) in [6.45, 7) is 3.60. The van der Waals surface area contributed by atoms with Crippen molar-refractivity contribution in [1.29, 1.82) is 0 Å². The van der Waals surface area contributed by atoms with Gasteiger partial charge in [0.15, 0.2) is 0 Å². The van der Waals surface area contributed by atoms with E-state index in [9.17, 15) is 4.79 Å². The first-order valence-corrected chi connectivity index (χ1v) is 4.39. The van der Waals surface area contributed by atoms with Crippen LogP contribution in [0.15, 0.2) is 18.3 Å². The monoisotopic (exact) mass is 195 g/mol. The third-order valence-electron chi connectivity index (χ3n) is 1.68. The maximum Gasteiger partial charge on any atom is 0.307 e. The second kappa shape index (κ2) is 4.60. The van der Waals surface area contributed by atoms with Gasteiger partial charge in [0.25, 0.3) is 0 Å². The van der Waals surface area contributed by atoms with Crippen molar-refractivity contribution in [2.24, 2.45) is 0 Å². The molecule has 4 heteroatoms. The highest BCUT2D eigenvalue weighted by molar-refractivity contribution is 5.67. The van der Waals surface area contributed by atoms with Crippen molar-refractivity contribution in [1.82, 2.24) is 4.98 Å². The van der Waals surface area contributed by atoms with Gasteiger partial charge >= 0.3 is 5.97 Å². The number of rotatable bonds is 4. The molecule has 76 valence electrons. The average molecular weight is 195 g/mol. The summed E-state index contributed by atoms with van der Waals surface area (Å²) in [5, 5.41) is 8.51. The lowest BCUT2D eigenvalue weighted by molar-refractivity contribution is -0.138. The van der Waals surface area contributed by atoms with E-state index in [2.05, 4.69) is 4.98 Å². The van der Waals surface area contributed by atoms with E-state index in [0.29, 0.717) is 5.75 Å². The molecule has 0 fully saturated rings. The van der Waals surface area contributed by atoms with Gasteiger partial charge in [0.05, 0.1) is 12.6 Å². The summed E-state index contributed by atoms with van der Waals surface area (Å²) in [7, 11) is 0. The Hall–Kier alpha value is -1.58. The van der Waals surface area contributed by atoms with E-state index in [1.165, 1.54) is 0 Å².